The van der Waals surface area contributed by atoms with E-state index in [-0.39, 0.29) is 0 Å². The highest BCUT2D eigenvalue weighted by Gasteiger charge is 2.04. The molecule has 1 heterocycles. The molecule has 3 nitrogen and oxygen atoms in total. The van der Waals surface area contributed by atoms with Crippen LogP contribution < -0.4 is 4.74 Å². The monoisotopic (exact) mass is 260 g/mol. The Bertz CT molecular complexity index is 444. The minimum Gasteiger partial charge on any atom is -0.430 e. The molecule has 0 amide bonds. The van der Waals surface area contributed by atoms with E-state index < -0.39 is 0 Å². The van der Waals surface area contributed by atoms with Crippen LogP contribution in [0.1, 0.15) is 5.01 Å². The molecule has 78 valence electrons. The summed E-state index contributed by atoms with van der Waals surface area (Å²) in [5.41, 5.74) is 0. The van der Waals surface area contributed by atoms with E-state index in [0.29, 0.717) is 21.8 Å². The zero-order valence-corrected chi connectivity index (χ0v) is 9.81. The predicted molar refractivity (Wildman–Crippen MR) is 61.0 cm³/mol. The van der Waals surface area contributed by atoms with Gasteiger partial charge in [-0.3, -0.25) is 0 Å². The highest BCUT2D eigenvalue weighted by molar-refractivity contribution is 7.13. The molecule has 0 aliphatic rings. The molecule has 0 aliphatic heterocycles. The number of rotatable bonds is 3. The minimum atomic E-state index is 0.349. The smallest absolute Gasteiger partial charge is 0.299 e. The first-order valence-corrected chi connectivity index (χ1v) is 5.82. The van der Waals surface area contributed by atoms with Crippen molar-refractivity contribution >= 4 is 34.5 Å². The van der Waals surface area contributed by atoms with Crippen LogP contribution >= 0.6 is 34.5 Å². The molecule has 0 N–H and O–H groups in total. The maximum absolute atomic E-state index is 5.74. The highest BCUT2D eigenvalue weighted by Crippen LogP contribution is 2.26. The first-order chi connectivity index (χ1) is 7.28. The molecule has 2 rings (SSSR count). The van der Waals surface area contributed by atoms with E-state index in [1.54, 1.807) is 24.3 Å². The number of hydrogen-bond donors (Lipinski definition) is 0. The Labute approximate surface area is 101 Å². The third kappa shape index (κ3) is 2.81. The first kappa shape index (κ1) is 10.7. The van der Waals surface area contributed by atoms with E-state index in [9.17, 15) is 0 Å². The number of hydrogen-bond acceptors (Lipinski definition) is 4. The third-order valence-electron chi connectivity index (χ3n) is 1.58. The SMILES string of the molecule is ClCc1nnc(Oc2ccc(Cl)cc2)s1. The van der Waals surface area contributed by atoms with Crippen LogP contribution in [0, 0.1) is 0 Å². The summed E-state index contributed by atoms with van der Waals surface area (Å²) in [4.78, 5) is 0. The lowest BCUT2D eigenvalue weighted by molar-refractivity contribution is 0.473. The standard InChI is InChI=1S/C9H6Cl2N2OS/c10-5-8-12-13-9(15-8)14-7-3-1-6(11)2-4-7/h1-4H,5H2. The number of alkyl halides is 1. The molecule has 6 heteroatoms. The van der Waals surface area contributed by atoms with Crippen LogP contribution in [0.2, 0.25) is 5.02 Å². The summed E-state index contributed by atoms with van der Waals surface area (Å²) >= 11 is 12.7. The van der Waals surface area contributed by atoms with Gasteiger partial charge in [0.05, 0.1) is 5.88 Å². The number of benzene rings is 1. The fourth-order valence-electron chi connectivity index (χ4n) is 0.937. The molecule has 1 aromatic carbocycles. The van der Waals surface area contributed by atoms with Gasteiger partial charge in [0.1, 0.15) is 10.8 Å². The molecule has 0 unspecified atom stereocenters. The minimum absolute atomic E-state index is 0.349. The Balaban J connectivity index is 2.11. The average Bonchev–Trinajstić information content (AvgIpc) is 2.69. The van der Waals surface area contributed by atoms with Gasteiger partial charge in [0.2, 0.25) is 0 Å². The Hall–Kier alpha value is -0.840. The summed E-state index contributed by atoms with van der Waals surface area (Å²) < 4.78 is 5.44. The molecule has 0 atom stereocenters. The van der Waals surface area contributed by atoms with Crippen molar-refractivity contribution in [1.29, 1.82) is 0 Å². The number of aromatic nitrogens is 2. The predicted octanol–water partition coefficient (Wildman–Crippen LogP) is 3.72. The second-order valence-electron chi connectivity index (χ2n) is 2.65. The zero-order valence-electron chi connectivity index (χ0n) is 7.48. The molecule has 0 fully saturated rings. The molecule has 0 bridgehead atoms. The molecular weight excluding hydrogens is 255 g/mol. The van der Waals surface area contributed by atoms with Crippen molar-refractivity contribution in [3.63, 3.8) is 0 Å². The van der Waals surface area contributed by atoms with Gasteiger partial charge >= 0.3 is 0 Å². The van der Waals surface area contributed by atoms with Gasteiger partial charge in [-0.1, -0.05) is 28.0 Å². The Morgan fingerprint density at radius 3 is 2.53 bits per heavy atom. The lowest BCUT2D eigenvalue weighted by Gasteiger charge is -1.99. The summed E-state index contributed by atoms with van der Waals surface area (Å²) in [5.74, 6) is 1.03. The Morgan fingerprint density at radius 2 is 1.93 bits per heavy atom. The quantitative estimate of drug-likeness (QED) is 0.790. The summed E-state index contributed by atoms with van der Waals surface area (Å²) in [6, 6.07) is 7.04. The van der Waals surface area contributed by atoms with E-state index in [2.05, 4.69) is 10.2 Å². The van der Waals surface area contributed by atoms with Gasteiger partial charge in [0.15, 0.2) is 0 Å². The Morgan fingerprint density at radius 1 is 1.20 bits per heavy atom. The molecule has 15 heavy (non-hydrogen) atoms. The van der Waals surface area contributed by atoms with E-state index in [1.165, 1.54) is 11.3 Å². The lowest BCUT2D eigenvalue weighted by Crippen LogP contribution is -1.82. The largest absolute Gasteiger partial charge is 0.430 e. The van der Waals surface area contributed by atoms with Crippen LogP contribution in [-0.4, -0.2) is 10.2 Å². The van der Waals surface area contributed by atoms with E-state index >= 15 is 0 Å². The fraction of sp³-hybridized carbons (Fsp3) is 0.111. The first-order valence-electron chi connectivity index (χ1n) is 4.09. The van der Waals surface area contributed by atoms with Crippen LogP contribution in [0.3, 0.4) is 0 Å². The molecule has 0 saturated carbocycles. The Kier molecular flexibility index (Phi) is 3.41. The summed E-state index contributed by atoms with van der Waals surface area (Å²) in [5, 5.41) is 9.55. The van der Waals surface area contributed by atoms with Crippen LogP contribution in [0.25, 0.3) is 0 Å². The topological polar surface area (TPSA) is 35.0 Å². The maximum Gasteiger partial charge on any atom is 0.299 e. The molecule has 2 aromatic rings. The van der Waals surface area contributed by atoms with Gasteiger partial charge < -0.3 is 4.74 Å². The maximum atomic E-state index is 5.74. The number of nitrogens with zero attached hydrogens (tertiary/aromatic N) is 2. The highest BCUT2D eigenvalue weighted by atomic mass is 35.5. The molecule has 0 saturated heterocycles. The van der Waals surface area contributed by atoms with E-state index in [0.717, 1.165) is 5.01 Å². The lowest BCUT2D eigenvalue weighted by atomic mass is 10.3. The number of ether oxygens (including phenoxy) is 1. The van der Waals surface area contributed by atoms with Crippen molar-refractivity contribution < 1.29 is 4.74 Å². The van der Waals surface area contributed by atoms with Crippen molar-refractivity contribution in [3.8, 4) is 10.9 Å². The van der Waals surface area contributed by atoms with Gasteiger partial charge in [-0.25, -0.2) is 0 Å². The molecule has 0 radical (unpaired) electrons. The summed E-state index contributed by atoms with van der Waals surface area (Å²) in [6.07, 6.45) is 0. The molecular formula is C9H6Cl2N2OS. The van der Waals surface area contributed by atoms with Crippen molar-refractivity contribution in [2.24, 2.45) is 0 Å². The normalized spacial score (nSPS) is 10.3. The molecule has 0 aliphatic carbocycles. The summed E-state index contributed by atoms with van der Waals surface area (Å²) in [6.45, 7) is 0. The van der Waals surface area contributed by atoms with E-state index in [1.807, 2.05) is 0 Å². The van der Waals surface area contributed by atoms with Crippen LogP contribution in [-0.2, 0) is 5.88 Å². The number of halogens is 2. The van der Waals surface area contributed by atoms with E-state index in [4.69, 9.17) is 27.9 Å². The molecule has 0 spiro atoms. The van der Waals surface area contributed by atoms with Crippen molar-refractivity contribution in [2.75, 3.05) is 0 Å². The zero-order chi connectivity index (χ0) is 10.7. The van der Waals surface area contributed by atoms with Gasteiger partial charge in [0.25, 0.3) is 5.19 Å². The van der Waals surface area contributed by atoms with Crippen LogP contribution in [0.15, 0.2) is 24.3 Å². The third-order valence-corrected chi connectivity index (χ3v) is 3.05. The fourth-order valence-corrected chi connectivity index (χ4v) is 1.84. The second kappa shape index (κ2) is 4.79. The van der Waals surface area contributed by atoms with Crippen LogP contribution in [0.4, 0.5) is 0 Å². The van der Waals surface area contributed by atoms with Gasteiger partial charge in [-0.05, 0) is 24.3 Å². The summed E-state index contributed by atoms with van der Waals surface area (Å²) in [7, 11) is 0. The van der Waals surface area contributed by atoms with Crippen molar-refractivity contribution in [1.82, 2.24) is 10.2 Å². The molecule has 1 aromatic heterocycles. The van der Waals surface area contributed by atoms with Gasteiger partial charge in [-0.15, -0.1) is 16.7 Å². The van der Waals surface area contributed by atoms with Crippen molar-refractivity contribution in [3.05, 3.63) is 34.3 Å². The average molecular weight is 261 g/mol. The van der Waals surface area contributed by atoms with Gasteiger partial charge in [-0.2, -0.15) is 0 Å². The van der Waals surface area contributed by atoms with Gasteiger partial charge in [0, 0.05) is 5.02 Å². The van der Waals surface area contributed by atoms with Crippen molar-refractivity contribution in [2.45, 2.75) is 5.88 Å². The van der Waals surface area contributed by atoms with Crippen LogP contribution in [0.5, 0.6) is 10.9 Å². The second-order valence-corrected chi connectivity index (χ2v) is 4.38.